The van der Waals surface area contributed by atoms with Gasteiger partial charge in [0.1, 0.15) is 48.8 Å². The molecule has 0 bridgehead atoms. The van der Waals surface area contributed by atoms with E-state index in [4.69, 9.17) is 42.6 Å². The molecule has 0 aliphatic carbocycles. The molecule has 52 heavy (non-hydrogen) atoms. The van der Waals surface area contributed by atoms with Gasteiger partial charge in [0.05, 0.1) is 48.3 Å². The van der Waals surface area contributed by atoms with Crippen molar-refractivity contribution in [3.05, 3.63) is 35.4 Å². The number of benzene rings is 2. The lowest BCUT2D eigenvalue weighted by molar-refractivity contribution is -0.277. The first-order valence-corrected chi connectivity index (χ1v) is 16.6. The van der Waals surface area contributed by atoms with Gasteiger partial charge in [0, 0.05) is 5.92 Å². The first kappa shape index (κ1) is 40.0. The highest BCUT2D eigenvalue weighted by Gasteiger charge is 2.47. The summed E-state index contributed by atoms with van der Waals surface area (Å²) < 4.78 is 50.7. The van der Waals surface area contributed by atoms with Crippen LogP contribution in [0.4, 0.5) is 0 Å². The molecule has 0 spiro atoms. The Labute approximate surface area is 299 Å². The van der Waals surface area contributed by atoms with Crippen molar-refractivity contribution in [3.63, 3.8) is 0 Å². The fourth-order valence-corrected chi connectivity index (χ4v) is 6.65. The fourth-order valence-electron chi connectivity index (χ4n) is 6.65. The lowest BCUT2D eigenvalue weighted by Crippen LogP contribution is -2.60. The van der Waals surface area contributed by atoms with Crippen molar-refractivity contribution in [2.24, 2.45) is 11.8 Å². The van der Waals surface area contributed by atoms with E-state index in [0.717, 1.165) is 5.56 Å². The van der Waals surface area contributed by atoms with Crippen LogP contribution in [0.5, 0.6) is 34.5 Å². The highest BCUT2D eigenvalue weighted by Crippen LogP contribution is 2.44. The number of methoxy groups -OCH3 is 4. The Balaban J connectivity index is 1.35. The van der Waals surface area contributed by atoms with E-state index in [-0.39, 0.29) is 47.0 Å². The van der Waals surface area contributed by atoms with E-state index < -0.39 is 86.8 Å². The monoisotopic (exact) mass is 744 g/mol. The van der Waals surface area contributed by atoms with Crippen LogP contribution in [-0.2, 0) is 27.1 Å². The summed E-state index contributed by atoms with van der Waals surface area (Å²) in [6.45, 7) is -1.05. The molecule has 0 radical (unpaired) electrons. The van der Waals surface area contributed by atoms with Gasteiger partial charge in [-0.25, -0.2) is 0 Å². The largest absolute Gasteiger partial charge is 0.493 e. The van der Waals surface area contributed by atoms with Crippen molar-refractivity contribution in [2.45, 2.75) is 80.5 Å². The van der Waals surface area contributed by atoms with Gasteiger partial charge < -0.3 is 88.6 Å². The summed E-state index contributed by atoms with van der Waals surface area (Å²) in [6, 6.07) is 6.67. The molecular weight excluding hydrogens is 696 g/mol. The Kier molecular flexibility index (Phi) is 13.3. The van der Waals surface area contributed by atoms with Gasteiger partial charge in [-0.15, -0.1) is 0 Å². The van der Waals surface area contributed by atoms with Crippen LogP contribution in [0.15, 0.2) is 24.3 Å². The molecule has 0 amide bonds. The van der Waals surface area contributed by atoms with Crippen LogP contribution < -0.4 is 28.4 Å². The summed E-state index contributed by atoms with van der Waals surface area (Å²) in [5, 5.41) is 91.7. The van der Waals surface area contributed by atoms with Crippen LogP contribution in [0.3, 0.4) is 0 Å². The van der Waals surface area contributed by atoms with Crippen molar-refractivity contribution in [1.82, 2.24) is 0 Å². The molecule has 18 nitrogen and oxygen atoms in total. The minimum atomic E-state index is -1.66. The standard InChI is InChI=1S/C34H48O18/c1-44-18-7-14(8-19(45-2)30(18)51-33-28(41)26(39)24(37)22(11-35)49-33)5-16-13-48-32(43)17(16)6-15-9-20(46-3)31(21(10-15)47-4)52-34-29(42)27(40)25(38)23(12-36)50-34/h7-10,16-17,22-29,32-43H,5-6,11-13H2,1-4H3/t16-,17+,22-,23-,24-,25-,26+,27+,28-,29-,32+,33+,34+/m1/s1. The zero-order chi connectivity index (χ0) is 37.9. The summed E-state index contributed by atoms with van der Waals surface area (Å²) in [6.07, 6.45) is -15.5. The zero-order valence-corrected chi connectivity index (χ0v) is 29.0. The normalized spacial score (nSPS) is 34.8. The first-order valence-electron chi connectivity index (χ1n) is 16.6. The number of rotatable bonds is 14. The van der Waals surface area contributed by atoms with Gasteiger partial charge in [-0.05, 0) is 54.2 Å². The average molecular weight is 745 g/mol. The molecule has 5 rings (SSSR count). The molecule has 2 aromatic carbocycles. The van der Waals surface area contributed by atoms with Gasteiger partial charge in [-0.2, -0.15) is 0 Å². The number of ether oxygens (including phenoxy) is 9. The molecule has 3 aliphatic rings. The second-order valence-corrected chi connectivity index (χ2v) is 12.8. The molecule has 0 unspecified atom stereocenters. The second-order valence-electron chi connectivity index (χ2n) is 12.8. The minimum Gasteiger partial charge on any atom is -0.493 e. The van der Waals surface area contributed by atoms with Gasteiger partial charge in [-0.1, -0.05) is 0 Å². The Bertz CT molecular complexity index is 1420. The van der Waals surface area contributed by atoms with E-state index in [9.17, 15) is 46.0 Å². The first-order chi connectivity index (χ1) is 24.9. The second kappa shape index (κ2) is 17.3. The fraction of sp³-hybridized carbons (Fsp3) is 0.647. The Morgan fingerprint density at radius 2 is 0.942 bits per heavy atom. The Hall–Kier alpha value is -3.24. The van der Waals surface area contributed by atoms with Crippen molar-refractivity contribution in [1.29, 1.82) is 0 Å². The average Bonchev–Trinajstić information content (AvgIpc) is 3.49. The van der Waals surface area contributed by atoms with E-state index in [0.29, 0.717) is 18.4 Å². The summed E-state index contributed by atoms with van der Waals surface area (Å²) in [4.78, 5) is 0. The molecule has 3 saturated heterocycles. The molecule has 18 heteroatoms. The number of aliphatic hydroxyl groups is 9. The van der Waals surface area contributed by atoms with Crippen LogP contribution in [-0.4, -0.2) is 162 Å². The molecule has 3 heterocycles. The van der Waals surface area contributed by atoms with Crippen LogP contribution in [0.25, 0.3) is 0 Å². The highest BCUT2D eigenvalue weighted by atomic mass is 16.7. The van der Waals surface area contributed by atoms with Crippen LogP contribution in [0.2, 0.25) is 0 Å². The van der Waals surface area contributed by atoms with Gasteiger partial charge in [0.2, 0.25) is 24.1 Å². The summed E-state index contributed by atoms with van der Waals surface area (Å²) in [5.74, 6) is 0.197. The van der Waals surface area contributed by atoms with E-state index in [1.54, 1.807) is 24.3 Å². The van der Waals surface area contributed by atoms with Crippen molar-refractivity contribution >= 4 is 0 Å². The van der Waals surface area contributed by atoms with Gasteiger partial charge in [-0.3, -0.25) is 0 Å². The maximum atomic E-state index is 10.9. The predicted molar refractivity (Wildman–Crippen MR) is 174 cm³/mol. The van der Waals surface area contributed by atoms with Crippen LogP contribution in [0.1, 0.15) is 11.1 Å². The minimum absolute atomic E-state index is 0.0306. The van der Waals surface area contributed by atoms with Crippen molar-refractivity contribution in [3.8, 4) is 34.5 Å². The quantitative estimate of drug-likeness (QED) is 0.0964. The molecule has 3 fully saturated rings. The topological polar surface area (TPSA) is 265 Å². The SMILES string of the molecule is COc1cc(C[C@@H]2CO[C@H](O)[C@H]2Cc2cc(OC)c(O[C@@H]3O[C@H](CO)[C@@H](O)[C@H](O)[C@H]3O)c(OC)c2)cc(OC)c1O[C@@H]1O[C@H](CO)[C@@H](O)[C@H](O)[C@H]1O. The summed E-state index contributed by atoms with van der Waals surface area (Å²) >= 11 is 0. The molecule has 9 N–H and O–H groups in total. The predicted octanol–water partition coefficient (Wildman–Crippen LogP) is -2.56. The molecule has 2 aromatic rings. The summed E-state index contributed by atoms with van der Waals surface area (Å²) in [7, 11) is 5.58. The number of hydrogen-bond donors (Lipinski definition) is 9. The van der Waals surface area contributed by atoms with E-state index >= 15 is 0 Å². The van der Waals surface area contributed by atoms with Crippen molar-refractivity contribution in [2.75, 3.05) is 48.3 Å². The number of aliphatic hydroxyl groups excluding tert-OH is 9. The highest BCUT2D eigenvalue weighted by molar-refractivity contribution is 5.55. The van der Waals surface area contributed by atoms with Gasteiger partial charge in [0.15, 0.2) is 29.3 Å². The Morgan fingerprint density at radius 3 is 1.31 bits per heavy atom. The third kappa shape index (κ3) is 8.13. The molecule has 0 saturated carbocycles. The van der Waals surface area contributed by atoms with Crippen molar-refractivity contribution < 1.29 is 88.6 Å². The lowest BCUT2D eigenvalue weighted by Gasteiger charge is -2.39. The van der Waals surface area contributed by atoms with E-state index in [1.807, 2.05) is 0 Å². The molecular formula is C34H48O18. The van der Waals surface area contributed by atoms with Gasteiger partial charge in [0.25, 0.3) is 0 Å². The third-order valence-electron chi connectivity index (χ3n) is 9.63. The molecule has 13 atom stereocenters. The molecule has 0 aromatic heterocycles. The third-order valence-corrected chi connectivity index (χ3v) is 9.63. The Morgan fingerprint density at radius 1 is 0.558 bits per heavy atom. The smallest absolute Gasteiger partial charge is 0.229 e. The molecule has 3 aliphatic heterocycles. The van der Waals surface area contributed by atoms with E-state index in [2.05, 4.69) is 0 Å². The maximum absolute atomic E-state index is 10.9. The number of hydrogen-bond acceptors (Lipinski definition) is 18. The zero-order valence-electron chi connectivity index (χ0n) is 29.0. The lowest BCUT2D eigenvalue weighted by atomic mass is 9.84. The van der Waals surface area contributed by atoms with Gasteiger partial charge >= 0.3 is 0 Å². The summed E-state index contributed by atoms with van der Waals surface area (Å²) in [5.41, 5.74) is 1.40. The maximum Gasteiger partial charge on any atom is 0.229 e. The molecule has 292 valence electrons. The van der Waals surface area contributed by atoms with Crippen LogP contribution in [0, 0.1) is 11.8 Å². The van der Waals surface area contributed by atoms with E-state index in [1.165, 1.54) is 28.4 Å². The van der Waals surface area contributed by atoms with Crippen LogP contribution >= 0.6 is 0 Å².